The first-order chi connectivity index (χ1) is 12.5. The van der Waals surface area contributed by atoms with Crippen LogP contribution in [-0.2, 0) is 11.3 Å². The lowest BCUT2D eigenvalue weighted by Crippen LogP contribution is -2.42. The smallest absolute Gasteiger partial charge is 0.236 e. The van der Waals surface area contributed by atoms with Crippen LogP contribution in [-0.4, -0.2) is 73.0 Å². The number of carbonyl (C=O) groups is 1. The highest BCUT2D eigenvalue weighted by Gasteiger charge is 2.34. The van der Waals surface area contributed by atoms with Crippen molar-refractivity contribution >= 4 is 30.7 Å². The summed E-state index contributed by atoms with van der Waals surface area (Å²) in [5.41, 5.74) is 8.81. The number of hydrogen-bond donors (Lipinski definition) is 1. The molecular formula is C21H36Cl2N4O. The number of amides is 1. The van der Waals surface area contributed by atoms with E-state index in [0.29, 0.717) is 13.1 Å². The Morgan fingerprint density at radius 1 is 1.07 bits per heavy atom. The molecule has 2 fully saturated rings. The Bertz CT molecular complexity index is 630. The summed E-state index contributed by atoms with van der Waals surface area (Å²) in [6.07, 6.45) is 2.15. The molecule has 1 amide bonds. The fourth-order valence-corrected chi connectivity index (χ4v) is 4.13. The van der Waals surface area contributed by atoms with Crippen LogP contribution < -0.4 is 5.73 Å². The minimum absolute atomic E-state index is 0. The monoisotopic (exact) mass is 430 g/mol. The summed E-state index contributed by atoms with van der Waals surface area (Å²) in [5.74, 6) is 0.281. The van der Waals surface area contributed by atoms with Gasteiger partial charge in [0.25, 0.3) is 0 Å². The number of hydrogen-bond acceptors (Lipinski definition) is 4. The van der Waals surface area contributed by atoms with Crippen LogP contribution in [0.5, 0.6) is 0 Å². The molecule has 28 heavy (non-hydrogen) atoms. The quantitative estimate of drug-likeness (QED) is 0.779. The Balaban J connectivity index is 0.00000196. The summed E-state index contributed by atoms with van der Waals surface area (Å²) in [7, 11) is 0. The van der Waals surface area contributed by atoms with Gasteiger partial charge in [-0.2, -0.15) is 0 Å². The number of rotatable bonds is 5. The van der Waals surface area contributed by atoms with Crippen molar-refractivity contribution in [2.45, 2.75) is 33.2 Å². The molecule has 0 spiro atoms. The second-order valence-electron chi connectivity index (χ2n) is 8.41. The maximum absolute atomic E-state index is 12.8. The van der Waals surface area contributed by atoms with Crippen LogP contribution in [0.3, 0.4) is 0 Å². The molecule has 2 heterocycles. The highest BCUT2D eigenvalue weighted by Crippen LogP contribution is 2.28. The second-order valence-corrected chi connectivity index (χ2v) is 8.41. The van der Waals surface area contributed by atoms with Crippen molar-refractivity contribution in [3.05, 3.63) is 35.4 Å². The molecule has 1 aromatic carbocycles. The van der Waals surface area contributed by atoms with Crippen LogP contribution in [0.2, 0.25) is 0 Å². The van der Waals surface area contributed by atoms with Gasteiger partial charge < -0.3 is 10.6 Å². The average molecular weight is 431 g/mol. The van der Waals surface area contributed by atoms with E-state index >= 15 is 0 Å². The number of aryl methyl sites for hydroxylation is 1. The van der Waals surface area contributed by atoms with Crippen LogP contribution in [0.15, 0.2) is 24.3 Å². The van der Waals surface area contributed by atoms with E-state index in [-0.39, 0.29) is 36.1 Å². The fraction of sp³-hybridized carbons (Fsp3) is 0.667. The Hall–Kier alpha value is -0.850. The van der Waals surface area contributed by atoms with E-state index in [0.717, 1.165) is 58.7 Å². The number of carbonyl (C=O) groups excluding carboxylic acids is 1. The molecule has 2 N–H and O–H groups in total. The third-order valence-corrected chi connectivity index (χ3v) is 6.09. The van der Waals surface area contributed by atoms with Crippen LogP contribution in [0.25, 0.3) is 0 Å². The lowest BCUT2D eigenvalue weighted by molar-refractivity contribution is -0.132. The molecule has 1 unspecified atom stereocenters. The summed E-state index contributed by atoms with van der Waals surface area (Å²) in [6.45, 7) is 12.3. The van der Waals surface area contributed by atoms with Gasteiger partial charge in [-0.3, -0.25) is 14.6 Å². The molecule has 0 aromatic heterocycles. The second kappa shape index (κ2) is 11.4. The molecule has 0 bridgehead atoms. The lowest BCUT2D eigenvalue weighted by atomic mass is 9.90. The van der Waals surface area contributed by atoms with Gasteiger partial charge in [0.1, 0.15) is 0 Å². The van der Waals surface area contributed by atoms with E-state index in [2.05, 4.69) is 52.8 Å². The number of likely N-dealkylation sites (tertiary alicyclic amines) is 1. The average Bonchev–Trinajstić information content (AvgIpc) is 2.85. The van der Waals surface area contributed by atoms with Crippen LogP contribution in [0.1, 0.15) is 30.9 Å². The van der Waals surface area contributed by atoms with Crippen molar-refractivity contribution in [1.82, 2.24) is 14.7 Å². The fourth-order valence-electron chi connectivity index (χ4n) is 4.13. The molecule has 7 heteroatoms. The standard InChI is InChI=1S/C21H34N4O.2ClH/c1-18-6-3-4-7-19(18)14-23-9-5-10-25(13-12-23)20(26)15-24-11-8-21(2,16-22)17-24;;/h3-4,6-7H,5,8-17,22H2,1-2H3;2*1H. The predicted octanol–water partition coefficient (Wildman–Crippen LogP) is 2.54. The molecule has 0 saturated carbocycles. The Morgan fingerprint density at radius 3 is 2.50 bits per heavy atom. The topological polar surface area (TPSA) is 52.8 Å². The first kappa shape index (κ1) is 25.2. The van der Waals surface area contributed by atoms with Gasteiger partial charge in [-0.05, 0) is 49.4 Å². The van der Waals surface area contributed by atoms with Gasteiger partial charge in [-0.15, -0.1) is 24.8 Å². The number of benzene rings is 1. The first-order valence-corrected chi connectivity index (χ1v) is 9.96. The van der Waals surface area contributed by atoms with Crippen molar-refractivity contribution in [3.8, 4) is 0 Å². The Kier molecular flexibility index (Phi) is 10.2. The summed E-state index contributed by atoms with van der Waals surface area (Å²) >= 11 is 0. The number of halogens is 2. The SMILES string of the molecule is Cc1ccccc1CN1CCCN(C(=O)CN2CCC(C)(CN)C2)CC1.Cl.Cl. The molecular weight excluding hydrogens is 395 g/mol. The van der Waals surface area contributed by atoms with Crippen molar-refractivity contribution < 1.29 is 4.79 Å². The maximum Gasteiger partial charge on any atom is 0.236 e. The Morgan fingerprint density at radius 2 is 1.82 bits per heavy atom. The van der Waals surface area contributed by atoms with Gasteiger partial charge in [0.15, 0.2) is 0 Å². The minimum atomic E-state index is 0. The molecule has 3 rings (SSSR count). The van der Waals surface area contributed by atoms with Gasteiger partial charge in [0.05, 0.1) is 6.54 Å². The molecule has 5 nitrogen and oxygen atoms in total. The van der Waals surface area contributed by atoms with E-state index in [1.165, 1.54) is 11.1 Å². The van der Waals surface area contributed by atoms with Crippen LogP contribution in [0, 0.1) is 12.3 Å². The molecule has 2 saturated heterocycles. The van der Waals surface area contributed by atoms with Crippen molar-refractivity contribution in [2.24, 2.45) is 11.1 Å². The summed E-state index contributed by atoms with van der Waals surface area (Å²) in [5, 5.41) is 0. The predicted molar refractivity (Wildman–Crippen MR) is 120 cm³/mol. The third kappa shape index (κ3) is 6.60. The highest BCUT2D eigenvalue weighted by molar-refractivity contribution is 5.85. The number of nitrogens with two attached hydrogens (primary N) is 1. The molecule has 0 aliphatic carbocycles. The van der Waals surface area contributed by atoms with Crippen LogP contribution in [0.4, 0.5) is 0 Å². The normalized spacial score (nSPS) is 23.6. The van der Waals surface area contributed by atoms with Gasteiger partial charge in [0.2, 0.25) is 5.91 Å². The van der Waals surface area contributed by atoms with E-state index < -0.39 is 0 Å². The molecule has 1 aromatic rings. The minimum Gasteiger partial charge on any atom is -0.340 e. The molecule has 1 atom stereocenters. The summed E-state index contributed by atoms with van der Waals surface area (Å²) < 4.78 is 0. The van der Waals surface area contributed by atoms with Gasteiger partial charge in [-0.25, -0.2) is 0 Å². The largest absolute Gasteiger partial charge is 0.340 e. The van der Waals surface area contributed by atoms with E-state index in [1.54, 1.807) is 0 Å². The molecule has 2 aliphatic heterocycles. The van der Waals surface area contributed by atoms with E-state index in [4.69, 9.17) is 5.73 Å². The van der Waals surface area contributed by atoms with Crippen molar-refractivity contribution in [1.29, 1.82) is 0 Å². The van der Waals surface area contributed by atoms with E-state index in [1.807, 2.05) is 0 Å². The maximum atomic E-state index is 12.8. The Labute approximate surface area is 182 Å². The lowest BCUT2D eigenvalue weighted by Gasteiger charge is -2.26. The van der Waals surface area contributed by atoms with Gasteiger partial charge >= 0.3 is 0 Å². The molecule has 0 radical (unpaired) electrons. The molecule has 2 aliphatic rings. The zero-order valence-corrected chi connectivity index (χ0v) is 18.9. The summed E-state index contributed by atoms with van der Waals surface area (Å²) in [6, 6.07) is 8.59. The first-order valence-electron chi connectivity index (χ1n) is 9.96. The van der Waals surface area contributed by atoms with Gasteiger partial charge in [-0.1, -0.05) is 31.2 Å². The molecule has 160 valence electrons. The zero-order valence-electron chi connectivity index (χ0n) is 17.2. The summed E-state index contributed by atoms with van der Waals surface area (Å²) in [4.78, 5) is 19.6. The zero-order chi connectivity index (χ0) is 18.6. The van der Waals surface area contributed by atoms with Gasteiger partial charge in [0, 0.05) is 39.3 Å². The van der Waals surface area contributed by atoms with Crippen molar-refractivity contribution in [2.75, 3.05) is 52.4 Å². The third-order valence-electron chi connectivity index (χ3n) is 6.09. The van der Waals surface area contributed by atoms with Crippen molar-refractivity contribution in [3.63, 3.8) is 0 Å². The highest BCUT2D eigenvalue weighted by atomic mass is 35.5. The number of nitrogens with zero attached hydrogens (tertiary/aromatic N) is 3. The van der Waals surface area contributed by atoms with E-state index in [9.17, 15) is 4.79 Å². The van der Waals surface area contributed by atoms with Crippen LogP contribution >= 0.6 is 24.8 Å².